The van der Waals surface area contributed by atoms with Gasteiger partial charge in [0, 0.05) is 29.0 Å². The summed E-state index contributed by atoms with van der Waals surface area (Å²) in [5.74, 6) is 0.536. The molecule has 18 heavy (non-hydrogen) atoms. The van der Waals surface area contributed by atoms with Crippen molar-refractivity contribution in [3.05, 3.63) is 34.6 Å². The van der Waals surface area contributed by atoms with Gasteiger partial charge in [-0.2, -0.15) is 0 Å². The van der Waals surface area contributed by atoms with Crippen LogP contribution < -0.4 is 0 Å². The van der Waals surface area contributed by atoms with Gasteiger partial charge >= 0.3 is 0 Å². The minimum Gasteiger partial charge on any atom is -0.299 e. The number of alkyl halides is 1. The Kier molecular flexibility index (Phi) is 5.46. The first-order chi connectivity index (χ1) is 8.70. The lowest BCUT2D eigenvalue weighted by atomic mass is 9.95. The highest BCUT2D eigenvalue weighted by atomic mass is 79.9. The second kappa shape index (κ2) is 6.88. The number of rotatable bonds is 4. The van der Waals surface area contributed by atoms with Gasteiger partial charge in [-0.1, -0.05) is 33.6 Å². The SMILES string of the molecule is Fc1cccc(Cl)c1CN1CCCC(CCBr)C1. The van der Waals surface area contributed by atoms with Gasteiger partial charge in [0.25, 0.3) is 0 Å². The number of benzene rings is 1. The van der Waals surface area contributed by atoms with E-state index < -0.39 is 0 Å². The molecule has 1 aliphatic heterocycles. The van der Waals surface area contributed by atoms with Crippen LogP contribution in [0.5, 0.6) is 0 Å². The van der Waals surface area contributed by atoms with E-state index in [1.807, 2.05) is 0 Å². The van der Waals surface area contributed by atoms with Crippen LogP contribution in [-0.2, 0) is 6.54 Å². The molecule has 0 N–H and O–H groups in total. The van der Waals surface area contributed by atoms with Crippen molar-refractivity contribution >= 4 is 27.5 Å². The molecule has 1 nitrogen and oxygen atoms in total. The van der Waals surface area contributed by atoms with Gasteiger partial charge in [-0.05, 0) is 43.9 Å². The number of hydrogen-bond donors (Lipinski definition) is 0. The summed E-state index contributed by atoms with van der Waals surface area (Å²) in [5.41, 5.74) is 0.638. The summed E-state index contributed by atoms with van der Waals surface area (Å²) in [6, 6.07) is 4.91. The third kappa shape index (κ3) is 3.69. The highest BCUT2D eigenvalue weighted by Gasteiger charge is 2.21. The molecule has 0 aromatic heterocycles. The maximum Gasteiger partial charge on any atom is 0.129 e. The molecule has 0 radical (unpaired) electrons. The van der Waals surface area contributed by atoms with Gasteiger partial charge in [0.05, 0.1) is 0 Å². The fourth-order valence-electron chi connectivity index (χ4n) is 2.59. The fraction of sp³-hybridized carbons (Fsp3) is 0.571. The van der Waals surface area contributed by atoms with Gasteiger partial charge in [-0.3, -0.25) is 4.90 Å². The second-order valence-corrected chi connectivity index (χ2v) is 6.12. The maximum atomic E-state index is 13.7. The summed E-state index contributed by atoms with van der Waals surface area (Å²) in [4.78, 5) is 2.32. The lowest BCUT2D eigenvalue weighted by Gasteiger charge is -2.32. The lowest BCUT2D eigenvalue weighted by Crippen LogP contribution is -2.35. The van der Waals surface area contributed by atoms with Crippen molar-refractivity contribution in [1.29, 1.82) is 0 Å². The average Bonchev–Trinajstić information content (AvgIpc) is 2.35. The predicted molar refractivity (Wildman–Crippen MR) is 77.8 cm³/mol. The van der Waals surface area contributed by atoms with E-state index in [9.17, 15) is 4.39 Å². The first kappa shape index (κ1) is 14.3. The third-order valence-corrected chi connectivity index (χ3v) is 4.38. The van der Waals surface area contributed by atoms with Gasteiger partial charge in [0.15, 0.2) is 0 Å². The van der Waals surface area contributed by atoms with Crippen LogP contribution >= 0.6 is 27.5 Å². The number of piperidine rings is 1. The van der Waals surface area contributed by atoms with E-state index in [4.69, 9.17) is 11.6 Å². The second-order valence-electron chi connectivity index (χ2n) is 4.92. The van der Waals surface area contributed by atoms with Crippen molar-refractivity contribution in [3.63, 3.8) is 0 Å². The largest absolute Gasteiger partial charge is 0.299 e. The molecule has 1 fully saturated rings. The van der Waals surface area contributed by atoms with E-state index in [-0.39, 0.29) is 5.82 Å². The third-order valence-electron chi connectivity index (χ3n) is 3.56. The molecule has 1 unspecified atom stereocenters. The molecule has 0 spiro atoms. The Balaban J connectivity index is 2.00. The van der Waals surface area contributed by atoms with Crippen molar-refractivity contribution < 1.29 is 4.39 Å². The highest BCUT2D eigenvalue weighted by molar-refractivity contribution is 9.09. The highest BCUT2D eigenvalue weighted by Crippen LogP contribution is 2.25. The van der Waals surface area contributed by atoms with Crippen LogP contribution in [0.1, 0.15) is 24.8 Å². The van der Waals surface area contributed by atoms with Crippen LogP contribution in [0.3, 0.4) is 0 Å². The van der Waals surface area contributed by atoms with Crippen molar-refractivity contribution in [2.45, 2.75) is 25.8 Å². The minimum atomic E-state index is -0.190. The van der Waals surface area contributed by atoms with E-state index in [0.717, 1.165) is 24.3 Å². The molecular weight excluding hydrogens is 317 g/mol. The topological polar surface area (TPSA) is 3.24 Å². The molecular formula is C14H18BrClFN. The summed E-state index contributed by atoms with van der Waals surface area (Å²) in [5, 5.41) is 1.59. The summed E-state index contributed by atoms with van der Waals surface area (Å²) in [7, 11) is 0. The fourth-order valence-corrected chi connectivity index (χ4v) is 3.46. The maximum absolute atomic E-state index is 13.7. The average molecular weight is 335 g/mol. The van der Waals surface area contributed by atoms with Crippen molar-refractivity contribution in [3.8, 4) is 0 Å². The van der Waals surface area contributed by atoms with Gasteiger partial charge < -0.3 is 0 Å². The molecule has 2 rings (SSSR count). The van der Waals surface area contributed by atoms with E-state index in [0.29, 0.717) is 17.1 Å². The molecule has 1 aliphatic rings. The molecule has 1 atom stereocenters. The normalized spacial score (nSPS) is 21.2. The molecule has 1 aromatic rings. The quantitative estimate of drug-likeness (QED) is 0.734. The van der Waals surface area contributed by atoms with E-state index in [1.165, 1.54) is 25.3 Å². The summed E-state index contributed by atoms with van der Waals surface area (Å²) in [6.45, 7) is 2.73. The zero-order valence-electron chi connectivity index (χ0n) is 10.3. The molecule has 0 bridgehead atoms. The Bertz CT molecular complexity index is 377. The summed E-state index contributed by atoms with van der Waals surface area (Å²) < 4.78 is 13.7. The molecule has 0 amide bonds. The molecule has 0 saturated carbocycles. The zero-order valence-corrected chi connectivity index (χ0v) is 12.7. The number of hydrogen-bond acceptors (Lipinski definition) is 1. The van der Waals surface area contributed by atoms with E-state index in [2.05, 4.69) is 20.8 Å². The van der Waals surface area contributed by atoms with Gasteiger partial charge in [-0.15, -0.1) is 0 Å². The Morgan fingerprint density at radius 2 is 2.28 bits per heavy atom. The molecule has 1 aromatic carbocycles. The van der Waals surface area contributed by atoms with Crippen LogP contribution in [-0.4, -0.2) is 23.3 Å². The molecule has 100 valence electrons. The van der Waals surface area contributed by atoms with Crippen LogP contribution in [0, 0.1) is 11.7 Å². The number of halogens is 3. The van der Waals surface area contributed by atoms with E-state index >= 15 is 0 Å². The summed E-state index contributed by atoms with van der Waals surface area (Å²) in [6.07, 6.45) is 3.68. The van der Waals surface area contributed by atoms with Gasteiger partial charge in [-0.25, -0.2) is 4.39 Å². The molecule has 0 aliphatic carbocycles. The first-order valence-corrected chi connectivity index (χ1v) is 7.92. The molecule has 1 heterocycles. The Morgan fingerprint density at radius 3 is 3.00 bits per heavy atom. The standard InChI is InChI=1S/C14H18BrClFN/c15-7-6-11-3-2-8-18(9-11)10-12-13(16)4-1-5-14(12)17/h1,4-5,11H,2-3,6-10H2. The van der Waals surface area contributed by atoms with Crippen molar-refractivity contribution in [2.75, 3.05) is 18.4 Å². The van der Waals surface area contributed by atoms with Gasteiger partial charge in [0.2, 0.25) is 0 Å². The van der Waals surface area contributed by atoms with Gasteiger partial charge in [0.1, 0.15) is 5.82 Å². The van der Waals surface area contributed by atoms with Crippen LogP contribution in [0.2, 0.25) is 5.02 Å². The Morgan fingerprint density at radius 1 is 1.44 bits per heavy atom. The summed E-state index contributed by atoms with van der Waals surface area (Å²) >= 11 is 9.57. The molecule has 1 saturated heterocycles. The smallest absolute Gasteiger partial charge is 0.129 e. The lowest BCUT2D eigenvalue weighted by molar-refractivity contribution is 0.164. The molecule has 4 heteroatoms. The van der Waals surface area contributed by atoms with E-state index in [1.54, 1.807) is 12.1 Å². The Hall–Kier alpha value is -0.120. The number of likely N-dealkylation sites (tertiary alicyclic amines) is 1. The van der Waals surface area contributed by atoms with Crippen LogP contribution in [0.25, 0.3) is 0 Å². The predicted octanol–water partition coefficient (Wildman–Crippen LogP) is 4.48. The first-order valence-electron chi connectivity index (χ1n) is 6.42. The van der Waals surface area contributed by atoms with Crippen LogP contribution in [0.15, 0.2) is 18.2 Å². The van der Waals surface area contributed by atoms with Crippen molar-refractivity contribution in [1.82, 2.24) is 4.90 Å². The number of nitrogens with zero attached hydrogens (tertiary/aromatic N) is 1. The van der Waals surface area contributed by atoms with Crippen LogP contribution in [0.4, 0.5) is 4.39 Å². The van der Waals surface area contributed by atoms with Crippen molar-refractivity contribution in [2.24, 2.45) is 5.92 Å². The minimum absolute atomic E-state index is 0.190. The zero-order chi connectivity index (χ0) is 13.0. The Labute approximate surface area is 121 Å². The monoisotopic (exact) mass is 333 g/mol.